The predicted octanol–water partition coefficient (Wildman–Crippen LogP) is 5.34. The Morgan fingerprint density at radius 2 is 2.12 bits per heavy atom. The van der Waals surface area contributed by atoms with Gasteiger partial charge in [-0.05, 0) is 42.7 Å². The molecule has 0 saturated carbocycles. The van der Waals surface area contributed by atoms with Gasteiger partial charge < -0.3 is 14.7 Å². The van der Waals surface area contributed by atoms with Crippen molar-refractivity contribution in [2.75, 3.05) is 7.11 Å². The average molecular weight is 323 g/mol. The van der Waals surface area contributed by atoms with Crippen molar-refractivity contribution in [2.24, 2.45) is 4.99 Å². The number of aromatic nitrogens is 2. The second-order valence-electron chi connectivity index (χ2n) is 6.06. The summed E-state index contributed by atoms with van der Waals surface area (Å²) >= 11 is 0. The van der Waals surface area contributed by atoms with Gasteiger partial charge in [-0.25, -0.2) is 0 Å². The number of nitrogens with one attached hydrogen (secondary N) is 2. The first-order chi connectivity index (χ1) is 11.8. The van der Waals surface area contributed by atoms with E-state index in [1.807, 2.05) is 30.6 Å². The minimum atomic E-state index is 0.833. The van der Waals surface area contributed by atoms with Crippen molar-refractivity contribution in [3.05, 3.63) is 47.4 Å². The summed E-state index contributed by atoms with van der Waals surface area (Å²) in [6.45, 7) is 2.24. The van der Waals surface area contributed by atoms with Crippen LogP contribution in [0.4, 0.5) is 0 Å². The molecule has 0 radical (unpaired) electrons. The highest BCUT2D eigenvalue weighted by molar-refractivity contribution is 5.82. The number of unbranched alkanes of at least 4 members (excludes halogenated alkanes) is 3. The third kappa shape index (κ3) is 3.70. The second-order valence-corrected chi connectivity index (χ2v) is 6.06. The first-order valence-corrected chi connectivity index (χ1v) is 8.68. The van der Waals surface area contributed by atoms with Gasteiger partial charge in [-0.1, -0.05) is 26.2 Å². The topological polar surface area (TPSA) is 53.2 Å². The number of rotatable bonds is 8. The zero-order valence-electron chi connectivity index (χ0n) is 14.4. The van der Waals surface area contributed by atoms with E-state index in [9.17, 15) is 0 Å². The van der Waals surface area contributed by atoms with Crippen LogP contribution in [0.2, 0.25) is 0 Å². The van der Waals surface area contributed by atoms with Crippen LogP contribution in [0.25, 0.3) is 17.5 Å². The Hall–Kier alpha value is -2.49. The zero-order chi connectivity index (χ0) is 16.8. The highest BCUT2D eigenvalue weighted by Gasteiger charge is 2.13. The van der Waals surface area contributed by atoms with Gasteiger partial charge >= 0.3 is 0 Å². The van der Waals surface area contributed by atoms with E-state index in [0.717, 1.165) is 34.9 Å². The van der Waals surface area contributed by atoms with Gasteiger partial charge in [-0.2, -0.15) is 0 Å². The molecule has 4 nitrogen and oxygen atoms in total. The number of methoxy groups -OCH3 is 1. The summed E-state index contributed by atoms with van der Waals surface area (Å²) in [6, 6.07) is 6.04. The summed E-state index contributed by atoms with van der Waals surface area (Å²) < 4.78 is 5.52. The predicted molar refractivity (Wildman–Crippen MR) is 100 cm³/mol. The second kappa shape index (κ2) is 7.86. The molecule has 0 unspecified atom stereocenters. The number of ether oxygens (including phenoxy) is 1. The van der Waals surface area contributed by atoms with E-state index in [1.165, 1.54) is 31.3 Å². The smallest absolute Gasteiger partial charge is 0.144 e. The van der Waals surface area contributed by atoms with Gasteiger partial charge in [-0.15, -0.1) is 0 Å². The van der Waals surface area contributed by atoms with Crippen molar-refractivity contribution in [1.82, 2.24) is 9.97 Å². The van der Waals surface area contributed by atoms with Crippen LogP contribution in [0.5, 0.6) is 5.75 Å². The van der Waals surface area contributed by atoms with Crippen molar-refractivity contribution in [1.29, 1.82) is 0 Å². The molecule has 126 valence electrons. The number of hydrogen-bond acceptors (Lipinski definition) is 2. The molecule has 4 heteroatoms. The van der Waals surface area contributed by atoms with Crippen molar-refractivity contribution in [3.63, 3.8) is 0 Å². The van der Waals surface area contributed by atoms with Gasteiger partial charge in [0.05, 0.1) is 29.9 Å². The van der Waals surface area contributed by atoms with E-state index < -0.39 is 0 Å². The maximum atomic E-state index is 5.52. The van der Waals surface area contributed by atoms with Gasteiger partial charge in [0.15, 0.2) is 0 Å². The largest absolute Gasteiger partial charge is 0.494 e. The summed E-state index contributed by atoms with van der Waals surface area (Å²) in [7, 11) is 1.70. The van der Waals surface area contributed by atoms with E-state index in [1.54, 1.807) is 7.11 Å². The molecule has 0 aliphatic carbocycles. The number of allylic oxidation sites excluding steroid dienone is 2. The molecule has 0 amide bonds. The molecule has 0 bridgehead atoms. The van der Waals surface area contributed by atoms with Crippen LogP contribution in [-0.2, 0) is 0 Å². The summed E-state index contributed by atoms with van der Waals surface area (Å²) in [5.41, 5.74) is 5.35. The average Bonchev–Trinajstić information content (AvgIpc) is 3.33. The lowest BCUT2D eigenvalue weighted by molar-refractivity contribution is 0.414. The zero-order valence-corrected chi connectivity index (χ0v) is 14.4. The van der Waals surface area contributed by atoms with Gasteiger partial charge in [0.25, 0.3) is 0 Å². The maximum absolute atomic E-state index is 5.52. The van der Waals surface area contributed by atoms with Crippen LogP contribution in [-0.4, -0.2) is 23.3 Å². The summed E-state index contributed by atoms with van der Waals surface area (Å²) in [5.74, 6) is 0.833. The van der Waals surface area contributed by atoms with Crippen molar-refractivity contribution >= 4 is 12.3 Å². The molecule has 0 saturated heterocycles. The first-order valence-electron chi connectivity index (χ1n) is 8.68. The molecule has 0 atom stereocenters. The standard InChI is InChI=1S/C20H25N3O/c1-3-4-5-6-8-15-10-12-22-17(15)13-19-20(24-2)14-18(23-19)16-9-7-11-21-16/h7,9-14,21,23H,3-6,8H2,1-2H3/b17-13-. The lowest BCUT2D eigenvalue weighted by Gasteiger charge is -2.05. The molecule has 0 aromatic carbocycles. The Morgan fingerprint density at radius 3 is 2.88 bits per heavy atom. The normalized spacial score (nSPS) is 15.2. The molecule has 0 spiro atoms. The summed E-state index contributed by atoms with van der Waals surface area (Å²) in [4.78, 5) is 11.2. The molecule has 0 fully saturated rings. The van der Waals surface area contributed by atoms with Gasteiger partial charge in [-0.3, -0.25) is 4.99 Å². The summed E-state index contributed by atoms with van der Waals surface area (Å²) in [5, 5.41) is 0. The van der Waals surface area contributed by atoms with Crippen LogP contribution >= 0.6 is 0 Å². The molecule has 2 aromatic heterocycles. The Kier molecular flexibility index (Phi) is 5.36. The van der Waals surface area contributed by atoms with Crippen LogP contribution in [0, 0.1) is 0 Å². The van der Waals surface area contributed by atoms with E-state index >= 15 is 0 Å². The molecule has 1 aliphatic heterocycles. The van der Waals surface area contributed by atoms with Crippen LogP contribution in [0.1, 0.15) is 44.7 Å². The quantitative estimate of drug-likeness (QED) is 0.633. The molecule has 24 heavy (non-hydrogen) atoms. The van der Waals surface area contributed by atoms with E-state index in [0.29, 0.717) is 0 Å². The van der Waals surface area contributed by atoms with Crippen molar-refractivity contribution in [2.45, 2.75) is 39.0 Å². The molecule has 2 aromatic rings. The first kappa shape index (κ1) is 16.4. The lowest BCUT2D eigenvalue weighted by Crippen LogP contribution is -1.88. The van der Waals surface area contributed by atoms with Crippen LogP contribution in [0.15, 0.2) is 46.7 Å². The molecule has 1 aliphatic rings. The molecule has 2 N–H and O–H groups in total. The summed E-state index contributed by atoms with van der Waals surface area (Å²) in [6.07, 6.45) is 14.2. The highest BCUT2D eigenvalue weighted by Crippen LogP contribution is 2.31. The number of H-pyrrole nitrogens is 2. The number of nitrogens with zero attached hydrogens (tertiary/aromatic N) is 1. The number of aliphatic imine (C=N–C) groups is 1. The third-order valence-corrected chi connectivity index (χ3v) is 4.32. The monoisotopic (exact) mass is 323 g/mol. The Bertz CT molecular complexity index is 748. The van der Waals surface area contributed by atoms with Crippen molar-refractivity contribution in [3.8, 4) is 17.1 Å². The Morgan fingerprint density at radius 1 is 1.21 bits per heavy atom. The Labute approximate surface area is 143 Å². The van der Waals surface area contributed by atoms with E-state index in [2.05, 4.69) is 34.0 Å². The lowest BCUT2D eigenvalue weighted by atomic mass is 10.0. The number of hydrogen-bond donors (Lipinski definition) is 2. The fraction of sp³-hybridized carbons (Fsp3) is 0.350. The highest BCUT2D eigenvalue weighted by atomic mass is 16.5. The Balaban J connectivity index is 1.77. The molecule has 3 rings (SSSR count). The van der Waals surface area contributed by atoms with E-state index in [4.69, 9.17) is 4.74 Å². The third-order valence-electron chi connectivity index (χ3n) is 4.32. The molecule has 3 heterocycles. The fourth-order valence-electron chi connectivity index (χ4n) is 2.97. The van der Waals surface area contributed by atoms with E-state index in [-0.39, 0.29) is 0 Å². The minimum Gasteiger partial charge on any atom is -0.494 e. The van der Waals surface area contributed by atoms with Gasteiger partial charge in [0.1, 0.15) is 5.75 Å². The SMILES string of the molecule is CCCCCCC1=CC=N/C1=C\c1[nH]c(-c2ccc[nH]2)cc1OC. The minimum absolute atomic E-state index is 0.833. The van der Waals surface area contributed by atoms with Crippen LogP contribution in [0.3, 0.4) is 0 Å². The fourth-order valence-corrected chi connectivity index (χ4v) is 2.97. The molecular weight excluding hydrogens is 298 g/mol. The van der Waals surface area contributed by atoms with Gasteiger partial charge in [0, 0.05) is 18.5 Å². The van der Waals surface area contributed by atoms with Gasteiger partial charge in [0.2, 0.25) is 0 Å². The van der Waals surface area contributed by atoms with Crippen molar-refractivity contribution < 1.29 is 4.74 Å². The van der Waals surface area contributed by atoms with Crippen LogP contribution < -0.4 is 4.74 Å². The number of aromatic amines is 2. The maximum Gasteiger partial charge on any atom is 0.144 e. The molecular formula is C20H25N3O.